The van der Waals surface area contributed by atoms with Crippen LogP contribution in [0.2, 0.25) is 5.02 Å². The highest BCUT2D eigenvalue weighted by Gasteiger charge is 2.23. The van der Waals surface area contributed by atoms with Crippen LogP contribution in [0.5, 0.6) is 0 Å². The van der Waals surface area contributed by atoms with E-state index in [1.807, 2.05) is 6.07 Å². The van der Waals surface area contributed by atoms with E-state index in [0.29, 0.717) is 12.1 Å². The first kappa shape index (κ1) is 14.9. The van der Waals surface area contributed by atoms with Crippen LogP contribution in [0.15, 0.2) is 24.3 Å². The van der Waals surface area contributed by atoms with Gasteiger partial charge in [-0.2, -0.15) is 0 Å². The first-order chi connectivity index (χ1) is 9.22. The first-order valence-electron chi connectivity index (χ1n) is 7.74. The summed E-state index contributed by atoms with van der Waals surface area (Å²) in [5.41, 5.74) is 1.33. The Morgan fingerprint density at radius 1 is 1.32 bits per heavy atom. The second kappa shape index (κ2) is 7.31. The van der Waals surface area contributed by atoms with Crippen LogP contribution < -0.4 is 5.32 Å². The van der Waals surface area contributed by atoms with E-state index in [1.54, 1.807) is 0 Å². The summed E-state index contributed by atoms with van der Waals surface area (Å²) in [6.45, 7) is 4.57. The Bertz CT molecular complexity index is 391. The minimum absolute atomic E-state index is 0.444. The van der Waals surface area contributed by atoms with Gasteiger partial charge in [0, 0.05) is 17.1 Å². The SMILES string of the molecule is CCC1CCCC(NC(CC)c2cccc(Cl)c2)C1. The lowest BCUT2D eigenvalue weighted by Crippen LogP contribution is -2.36. The van der Waals surface area contributed by atoms with Crippen LogP contribution in [0.1, 0.15) is 64.0 Å². The molecule has 1 aromatic carbocycles. The van der Waals surface area contributed by atoms with Crippen LogP contribution in [0.4, 0.5) is 0 Å². The van der Waals surface area contributed by atoms with Gasteiger partial charge in [0.1, 0.15) is 0 Å². The first-order valence-corrected chi connectivity index (χ1v) is 8.12. The molecule has 0 heterocycles. The Labute approximate surface area is 122 Å². The Morgan fingerprint density at radius 2 is 2.16 bits per heavy atom. The molecule has 1 fully saturated rings. The van der Waals surface area contributed by atoms with E-state index >= 15 is 0 Å². The summed E-state index contributed by atoms with van der Waals surface area (Å²) in [6, 6.07) is 9.42. The zero-order chi connectivity index (χ0) is 13.7. The number of hydrogen-bond acceptors (Lipinski definition) is 1. The average Bonchev–Trinajstić information content (AvgIpc) is 2.45. The lowest BCUT2D eigenvalue weighted by molar-refractivity contribution is 0.260. The molecule has 0 radical (unpaired) electrons. The Hall–Kier alpha value is -0.530. The lowest BCUT2D eigenvalue weighted by Gasteiger charge is -2.32. The highest BCUT2D eigenvalue weighted by molar-refractivity contribution is 6.30. The van der Waals surface area contributed by atoms with Gasteiger partial charge in [0.2, 0.25) is 0 Å². The van der Waals surface area contributed by atoms with Crippen LogP contribution >= 0.6 is 11.6 Å². The molecule has 1 nitrogen and oxygen atoms in total. The maximum atomic E-state index is 6.11. The second-order valence-electron chi connectivity index (χ2n) is 5.82. The fourth-order valence-electron chi connectivity index (χ4n) is 3.27. The van der Waals surface area contributed by atoms with E-state index in [2.05, 4.69) is 37.4 Å². The Kier molecular flexibility index (Phi) is 5.72. The standard InChI is InChI=1S/C17H26ClN/c1-3-13-7-5-10-16(11-13)19-17(4-2)14-8-6-9-15(18)12-14/h6,8-9,12-13,16-17,19H,3-5,7,10-11H2,1-2H3. The summed E-state index contributed by atoms with van der Waals surface area (Å²) < 4.78 is 0. The highest BCUT2D eigenvalue weighted by atomic mass is 35.5. The maximum Gasteiger partial charge on any atom is 0.0409 e. The van der Waals surface area contributed by atoms with Gasteiger partial charge in [0.25, 0.3) is 0 Å². The van der Waals surface area contributed by atoms with Crippen LogP contribution in [0.3, 0.4) is 0 Å². The summed E-state index contributed by atoms with van der Waals surface area (Å²) in [5.74, 6) is 0.920. The minimum atomic E-state index is 0.444. The van der Waals surface area contributed by atoms with Crippen LogP contribution in [-0.2, 0) is 0 Å². The van der Waals surface area contributed by atoms with Gasteiger partial charge < -0.3 is 5.32 Å². The van der Waals surface area contributed by atoms with Crippen LogP contribution in [0.25, 0.3) is 0 Å². The van der Waals surface area contributed by atoms with Gasteiger partial charge in [-0.1, -0.05) is 56.8 Å². The van der Waals surface area contributed by atoms with Crippen LogP contribution in [-0.4, -0.2) is 6.04 Å². The molecule has 1 saturated carbocycles. The van der Waals surface area contributed by atoms with Crippen LogP contribution in [0, 0.1) is 5.92 Å². The van der Waals surface area contributed by atoms with Gasteiger partial charge in [-0.3, -0.25) is 0 Å². The molecular formula is C17H26ClN. The summed E-state index contributed by atoms with van der Waals surface area (Å²) in [5, 5.41) is 4.70. The summed E-state index contributed by atoms with van der Waals surface area (Å²) in [4.78, 5) is 0. The topological polar surface area (TPSA) is 12.0 Å². The molecule has 3 atom stereocenters. The smallest absolute Gasteiger partial charge is 0.0409 e. The molecule has 1 aromatic rings. The van der Waals surface area contributed by atoms with E-state index < -0.39 is 0 Å². The molecule has 2 heteroatoms. The van der Waals surface area contributed by atoms with Crippen molar-refractivity contribution in [2.45, 2.75) is 64.5 Å². The van der Waals surface area contributed by atoms with Gasteiger partial charge in [0.05, 0.1) is 0 Å². The van der Waals surface area contributed by atoms with E-state index in [-0.39, 0.29) is 0 Å². The Morgan fingerprint density at radius 3 is 2.84 bits per heavy atom. The fraction of sp³-hybridized carbons (Fsp3) is 0.647. The zero-order valence-corrected chi connectivity index (χ0v) is 12.9. The number of benzene rings is 1. The average molecular weight is 280 g/mol. The summed E-state index contributed by atoms with van der Waals surface area (Å²) in [6.07, 6.45) is 7.91. The van der Waals surface area contributed by atoms with Crippen molar-refractivity contribution in [3.63, 3.8) is 0 Å². The van der Waals surface area contributed by atoms with E-state index in [4.69, 9.17) is 11.6 Å². The number of nitrogens with one attached hydrogen (secondary N) is 1. The van der Waals surface area contributed by atoms with Gasteiger partial charge >= 0.3 is 0 Å². The molecule has 2 rings (SSSR count). The van der Waals surface area contributed by atoms with Gasteiger partial charge in [0.15, 0.2) is 0 Å². The largest absolute Gasteiger partial charge is 0.307 e. The molecule has 0 amide bonds. The molecule has 106 valence electrons. The molecule has 19 heavy (non-hydrogen) atoms. The van der Waals surface area contributed by atoms with Crippen molar-refractivity contribution in [3.05, 3.63) is 34.9 Å². The third-order valence-corrected chi connectivity index (χ3v) is 4.69. The molecule has 1 aliphatic rings. The number of halogens is 1. The summed E-state index contributed by atoms with van der Waals surface area (Å²) in [7, 11) is 0. The van der Waals surface area contributed by atoms with Crippen molar-refractivity contribution in [1.29, 1.82) is 0 Å². The van der Waals surface area contributed by atoms with E-state index in [1.165, 1.54) is 37.7 Å². The van der Waals surface area contributed by atoms with Crippen molar-refractivity contribution in [2.24, 2.45) is 5.92 Å². The maximum absolute atomic E-state index is 6.11. The van der Waals surface area contributed by atoms with Gasteiger partial charge in [-0.15, -0.1) is 0 Å². The quantitative estimate of drug-likeness (QED) is 0.766. The van der Waals surface area contributed by atoms with Crippen molar-refractivity contribution in [3.8, 4) is 0 Å². The predicted molar refractivity (Wildman–Crippen MR) is 83.7 cm³/mol. The number of rotatable bonds is 5. The zero-order valence-electron chi connectivity index (χ0n) is 12.2. The third kappa shape index (κ3) is 4.22. The molecule has 0 aromatic heterocycles. The monoisotopic (exact) mass is 279 g/mol. The normalized spacial score (nSPS) is 25.2. The molecule has 0 bridgehead atoms. The molecule has 1 aliphatic carbocycles. The lowest BCUT2D eigenvalue weighted by atomic mass is 9.83. The molecule has 1 N–H and O–H groups in total. The van der Waals surface area contributed by atoms with Crippen molar-refractivity contribution < 1.29 is 0 Å². The predicted octanol–water partition coefficient (Wildman–Crippen LogP) is 5.35. The molecule has 3 unspecified atom stereocenters. The molecule has 0 aliphatic heterocycles. The van der Waals surface area contributed by atoms with Gasteiger partial charge in [-0.25, -0.2) is 0 Å². The van der Waals surface area contributed by atoms with Crippen molar-refractivity contribution >= 4 is 11.6 Å². The molecular weight excluding hydrogens is 254 g/mol. The van der Waals surface area contributed by atoms with E-state index in [9.17, 15) is 0 Å². The van der Waals surface area contributed by atoms with Gasteiger partial charge in [-0.05, 0) is 42.9 Å². The van der Waals surface area contributed by atoms with E-state index in [0.717, 1.165) is 17.4 Å². The minimum Gasteiger partial charge on any atom is -0.307 e. The highest BCUT2D eigenvalue weighted by Crippen LogP contribution is 2.29. The Balaban J connectivity index is 1.99. The summed E-state index contributed by atoms with van der Waals surface area (Å²) >= 11 is 6.11. The molecule has 0 spiro atoms. The van der Waals surface area contributed by atoms with Crippen molar-refractivity contribution in [2.75, 3.05) is 0 Å². The molecule has 0 saturated heterocycles. The van der Waals surface area contributed by atoms with Crippen molar-refractivity contribution in [1.82, 2.24) is 5.32 Å². The third-order valence-electron chi connectivity index (χ3n) is 4.46. The second-order valence-corrected chi connectivity index (χ2v) is 6.26. The fourth-order valence-corrected chi connectivity index (χ4v) is 3.47. The number of hydrogen-bond donors (Lipinski definition) is 1.